The smallest absolute Gasteiger partial charge is 0.271 e. The van der Waals surface area contributed by atoms with E-state index < -0.39 is 10.8 Å². The van der Waals surface area contributed by atoms with Gasteiger partial charge in [-0.2, -0.15) is 0 Å². The van der Waals surface area contributed by atoms with E-state index in [-0.39, 0.29) is 5.91 Å². The number of halogens is 1. The molecule has 0 fully saturated rings. The quantitative estimate of drug-likeness (QED) is 0.893. The monoisotopic (exact) mass is 304 g/mol. The number of carbonyl (C=O) groups is 1. The molecule has 88 valence electrons. The Labute approximate surface area is 105 Å². The van der Waals surface area contributed by atoms with E-state index in [0.717, 1.165) is 0 Å². The van der Waals surface area contributed by atoms with E-state index in [4.69, 9.17) is 0 Å². The largest absolute Gasteiger partial charge is 0.350 e. The molecule has 0 bridgehead atoms. The molecule has 0 radical (unpaired) electrons. The zero-order chi connectivity index (χ0) is 12.0. The lowest BCUT2D eigenvalue weighted by Crippen LogP contribution is -2.28. The van der Waals surface area contributed by atoms with E-state index in [1.54, 1.807) is 18.3 Å². The molecule has 16 heavy (non-hydrogen) atoms. The summed E-state index contributed by atoms with van der Waals surface area (Å²) in [7, 11) is -0.852. The number of carbonyl (C=O) groups excluding carboxylic acids is 1. The average Bonchev–Trinajstić information content (AvgIpc) is 2.29. The molecule has 1 aromatic rings. The molecule has 0 aliphatic rings. The van der Waals surface area contributed by atoms with Crippen molar-refractivity contribution in [2.24, 2.45) is 0 Å². The van der Waals surface area contributed by atoms with E-state index in [1.165, 1.54) is 0 Å². The van der Waals surface area contributed by atoms with Crippen LogP contribution in [0.5, 0.6) is 0 Å². The Balaban J connectivity index is 2.47. The minimum Gasteiger partial charge on any atom is -0.350 e. The fourth-order valence-corrected chi connectivity index (χ4v) is 2.11. The second kappa shape index (κ2) is 6.75. The minimum atomic E-state index is -0.852. The SMILES string of the molecule is CCS(=O)CCNC(=O)c1ncccc1Br. The third-order valence-electron chi connectivity index (χ3n) is 1.91. The van der Waals surface area contributed by atoms with Crippen molar-refractivity contribution in [3.8, 4) is 0 Å². The zero-order valence-corrected chi connectivity index (χ0v) is 11.3. The summed E-state index contributed by atoms with van der Waals surface area (Å²) in [5.74, 6) is 0.844. The van der Waals surface area contributed by atoms with Crippen LogP contribution in [0.4, 0.5) is 0 Å². The summed E-state index contributed by atoms with van der Waals surface area (Å²) in [6.45, 7) is 2.26. The van der Waals surface area contributed by atoms with Crippen LogP contribution in [0.15, 0.2) is 22.8 Å². The maximum atomic E-state index is 11.6. The van der Waals surface area contributed by atoms with Gasteiger partial charge in [-0.05, 0) is 28.1 Å². The second-order valence-electron chi connectivity index (χ2n) is 3.02. The third-order valence-corrected chi connectivity index (χ3v) is 3.85. The van der Waals surface area contributed by atoms with Crippen LogP contribution in [0.3, 0.4) is 0 Å². The van der Waals surface area contributed by atoms with Gasteiger partial charge in [-0.1, -0.05) is 6.92 Å². The van der Waals surface area contributed by atoms with Gasteiger partial charge in [-0.25, -0.2) is 4.98 Å². The van der Waals surface area contributed by atoms with Gasteiger partial charge < -0.3 is 5.32 Å². The van der Waals surface area contributed by atoms with Gasteiger partial charge in [0.25, 0.3) is 5.91 Å². The zero-order valence-electron chi connectivity index (χ0n) is 8.90. The fourth-order valence-electron chi connectivity index (χ4n) is 1.06. The first-order valence-electron chi connectivity index (χ1n) is 4.88. The van der Waals surface area contributed by atoms with Crippen molar-refractivity contribution in [1.82, 2.24) is 10.3 Å². The summed E-state index contributed by atoms with van der Waals surface area (Å²) >= 11 is 3.25. The molecule has 0 spiro atoms. The summed E-state index contributed by atoms with van der Waals surface area (Å²) in [5, 5.41) is 2.68. The van der Waals surface area contributed by atoms with Gasteiger partial charge >= 0.3 is 0 Å². The lowest BCUT2D eigenvalue weighted by molar-refractivity contribution is 0.0950. The van der Waals surface area contributed by atoms with Gasteiger partial charge in [0.15, 0.2) is 0 Å². The van der Waals surface area contributed by atoms with Crippen LogP contribution in [0.25, 0.3) is 0 Å². The maximum Gasteiger partial charge on any atom is 0.271 e. The van der Waals surface area contributed by atoms with E-state index in [9.17, 15) is 9.00 Å². The Morgan fingerprint density at radius 3 is 3.00 bits per heavy atom. The van der Waals surface area contributed by atoms with Gasteiger partial charge in [0.1, 0.15) is 5.69 Å². The number of rotatable bonds is 5. The maximum absolute atomic E-state index is 11.6. The van der Waals surface area contributed by atoms with Crippen molar-refractivity contribution in [3.63, 3.8) is 0 Å². The first kappa shape index (κ1) is 13.3. The predicted molar refractivity (Wildman–Crippen MR) is 67.8 cm³/mol. The molecule has 0 saturated heterocycles. The summed E-state index contributed by atoms with van der Waals surface area (Å²) in [6, 6.07) is 3.50. The Kier molecular flexibility index (Phi) is 5.62. The fraction of sp³-hybridized carbons (Fsp3) is 0.400. The van der Waals surface area contributed by atoms with Crippen LogP contribution in [0, 0.1) is 0 Å². The minimum absolute atomic E-state index is 0.249. The average molecular weight is 305 g/mol. The van der Waals surface area contributed by atoms with Gasteiger partial charge in [0, 0.05) is 39.5 Å². The standard InChI is InChI=1S/C10H13BrN2O2S/c1-2-16(15)7-6-13-10(14)9-8(11)4-3-5-12-9/h3-5H,2,6-7H2,1H3,(H,13,14). The van der Waals surface area contributed by atoms with Crippen LogP contribution < -0.4 is 5.32 Å². The number of pyridine rings is 1. The van der Waals surface area contributed by atoms with Crippen LogP contribution in [0.1, 0.15) is 17.4 Å². The van der Waals surface area contributed by atoms with Crippen LogP contribution in [-0.4, -0.2) is 33.2 Å². The third kappa shape index (κ3) is 4.02. The van der Waals surface area contributed by atoms with Crippen molar-refractivity contribution < 1.29 is 9.00 Å². The van der Waals surface area contributed by atoms with E-state index in [1.807, 2.05) is 6.92 Å². The molecule has 0 aliphatic heterocycles. The Morgan fingerprint density at radius 1 is 1.62 bits per heavy atom. The number of aromatic nitrogens is 1. The van der Waals surface area contributed by atoms with Crippen LogP contribution in [-0.2, 0) is 10.8 Å². The highest BCUT2D eigenvalue weighted by atomic mass is 79.9. The summed E-state index contributed by atoms with van der Waals surface area (Å²) in [5.41, 5.74) is 0.352. The van der Waals surface area contributed by atoms with Crippen molar-refractivity contribution in [2.75, 3.05) is 18.1 Å². The molecule has 4 nitrogen and oxygen atoms in total. The molecule has 0 aromatic carbocycles. The molecule has 1 heterocycles. The Morgan fingerprint density at radius 2 is 2.38 bits per heavy atom. The van der Waals surface area contributed by atoms with Crippen molar-refractivity contribution in [2.45, 2.75) is 6.92 Å². The number of nitrogens with one attached hydrogen (secondary N) is 1. The lowest BCUT2D eigenvalue weighted by atomic mass is 10.3. The summed E-state index contributed by atoms with van der Waals surface area (Å²) in [6.07, 6.45) is 1.56. The highest BCUT2D eigenvalue weighted by molar-refractivity contribution is 9.10. The first-order valence-corrected chi connectivity index (χ1v) is 7.17. The number of nitrogens with zero attached hydrogens (tertiary/aromatic N) is 1. The molecule has 0 saturated carbocycles. The van der Waals surface area contributed by atoms with Gasteiger partial charge in [-0.3, -0.25) is 9.00 Å². The number of amides is 1. The van der Waals surface area contributed by atoms with Crippen molar-refractivity contribution in [1.29, 1.82) is 0 Å². The summed E-state index contributed by atoms with van der Waals surface area (Å²) in [4.78, 5) is 15.6. The van der Waals surface area contributed by atoms with Crippen LogP contribution >= 0.6 is 15.9 Å². The molecule has 1 N–H and O–H groups in total. The number of hydrogen-bond acceptors (Lipinski definition) is 3. The Hall–Kier alpha value is -0.750. The van der Waals surface area contributed by atoms with E-state index in [0.29, 0.717) is 28.2 Å². The molecule has 1 unspecified atom stereocenters. The van der Waals surface area contributed by atoms with Crippen molar-refractivity contribution >= 4 is 32.6 Å². The van der Waals surface area contributed by atoms with Crippen LogP contribution in [0.2, 0.25) is 0 Å². The molecular formula is C10H13BrN2O2S. The lowest BCUT2D eigenvalue weighted by Gasteiger charge is -2.05. The molecule has 0 aliphatic carbocycles. The van der Waals surface area contributed by atoms with Gasteiger partial charge in [0.2, 0.25) is 0 Å². The highest BCUT2D eigenvalue weighted by Crippen LogP contribution is 2.12. The summed E-state index contributed by atoms with van der Waals surface area (Å²) < 4.78 is 11.8. The molecule has 1 rings (SSSR count). The topological polar surface area (TPSA) is 59.1 Å². The van der Waals surface area contributed by atoms with Gasteiger partial charge in [-0.15, -0.1) is 0 Å². The molecule has 1 aromatic heterocycles. The van der Waals surface area contributed by atoms with E-state index in [2.05, 4.69) is 26.2 Å². The molecular weight excluding hydrogens is 292 g/mol. The second-order valence-corrected chi connectivity index (χ2v) is 5.74. The highest BCUT2D eigenvalue weighted by Gasteiger charge is 2.10. The first-order chi connectivity index (χ1) is 7.65. The molecule has 1 atom stereocenters. The molecule has 1 amide bonds. The van der Waals surface area contributed by atoms with Gasteiger partial charge in [0.05, 0.1) is 0 Å². The predicted octanol–water partition coefficient (Wildman–Crippen LogP) is 1.34. The number of hydrogen-bond donors (Lipinski definition) is 1. The molecule has 6 heteroatoms. The van der Waals surface area contributed by atoms with Crippen molar-refractivity contribution in [3.05, 3.63) is 28.5 Å². The Bertz CT molecular complexity index is 398. The normalized spacial score (nSPS) is 12.1. The van der Waals surface area contributed by atoms with E-state index >= 15 is 0 Å².